The van der Waals surface area contributed by atoms with Gasteiger partial charge < -0.3 is 4.98 Å². The lowest BCUT2D eigenvalue weighted by Crippen LogP contribution is -2.36. The highest BCUT2D eigenvalue weighted by molar-refractivity contribution is 6.33. The first-order chi connectivity index (χ1) is 7.15. The van der Waals surface area contributed by atoms with Gasteiger partial charge in [-0.05, 0) is 6.92 Å². The lowest BCUT2D eigenvalue weighted by Gasteiger charge is -2.05. The molecule has 6 nitrogen and oxygen atoms in total. The van der Waals surface area contributed by atoms with E-state index in [4.69, 9.17) is 11.6 Å². The highest BCUT2D eigenvalue weighted by Crippen LogP contribution is 2.13. The predicted molar refractivity (Wildman–Crippen MR) is 55.1 cm³/mol. The molecule has 0 spiro atoms. The van der Waals surface area contributed by atoms with Gasteiger partial charge in [-0.3, -0.25) is 14.2 Å². The number of nitrogens with zero attached hydrogens (tertiary/aromatic N) is 3. The first-order valence-electron chi connectivity index (χ1n) is 4.28. The van der Waals surface area contributed by atoms with E-state index < -0.39 is 11.1 Å². The minimum absolute atomic E-state index is 0.124. The molecule has 0 aliphatic rings. The van der Waals surface area contributed by atoms with Crippen molar-refractivity contribution in [2.24, 2.45) is 0 Å². The molecule has 7 heteroatoms. The van der Waals surface area contributed by atoms with Crippen LogP contribution in [0.1, 0.15) is 6.92 Å². The lowest BCUT2D eigenvalue weighted by molar-refractivity contribution is 0.733. The molecule has 0 radical (unpaired) electrons. The van der Waals surface area contributed by atoms with Crippen molar-refractivity contribution in [3.8, 4) is 0 Å². The molecule has 1 N–H and O–H groups in total. The van der Waals surface area contributed by atoms with E-state index >= 15 is 0 Å². The van der Waals surface area contributed by atoms with E-state index in [-0.39, 0.29) is 10.7 Å². The average molecular weight is 227 g/mol. The number of rotatable bonds is 1. The number of aromatic nitrogens is 4. The van der Waals surface area contributed by atoms with Crippen LogP contribution in [0.5, 0.6) is 0 Å². The third kappa shape index (κ3) is 1.42. The zero-order valence-electron chi connectivity index (χ0n) is 7.82. The molecule has 0 fully saturated rings. The van der Waals surface area contributed by atoms with Crippen LogP contribution >= 0.6 is 11.6 Å². The Morgan fingerprint density at radius 3 is 2.87 bits per heavy atom. The smallest absolute Gasteiger partial charge is 0.312 e. The first kappa shape index (κ1) is 9.85. The molecule has 78 valence electrons. The minimum atomic E-state index is -0.721. The molecular formula is C8H7ClN4O2. The molecule has 0 aromatic carbocycles. The standard InChI is InChI=1S/C8H7ClN4O2/c1-2-13-6-4(5(9)10-3-11-6)12-7(14)8(13)15/h3H,2H2,1H3,(H,12,14). The summed E-state index contributed by atoms with van der Waals surface area (Å²) in [5.74, 6) is 0. The minimum Gasteiger partial charge on any atom is -0.312 e. The maximum Gasteiger partial charge on any atom is 0.317 e. The second-order valence-corrected chi connectivity index (χ2v) is 3.22. The summed E-state index contributed by atoms with van der Waals surface area (Å²) < 4.78 is 1.25. The van der Waals surface area contributed by atoms with E-state index in [9.17, 15) is 9.59 Å². The Bertz CT molecular complexity index is 631. The van der Waals surface area contributed by atoms with Gasteiger partial charge >= 0.3 is 11.1 Å². The topological polar surface area (TPSA) is 80.6 Å². The number of aromatic amines is 1. The Balaban J connectivity index is 3.08. The van der Waals surface area contributed by atoms with Crippen LogP contribution in [0.3, 0.4) is 0 Å². The second kappa shape index (κ2) is 3.47. The normalized spacial score (nSPS) is 10.8. The summed E-state index contributed by atoms with van der Waals surface area (Å²) in [6.07, 6.45) is 1.24. The summed E-state index contributed by atoms with van der Waals surface area (Å²) >= 11 is 5.77. The summed E-state index contributed by atoms with van der Waals surface area (Å²) in [7, 11) is 0. The fourth-order valence-corrected chi connectivity index (χ4v) is 1.52. The van der Waals surface area contributed by atoms with Crippen LogP contribution < -0.4 is 11.1 Å². The van der Waals surface area contributed by atoms with Crippen molar-refractivity contribution in [2.45, 2.75) is 13.5 Å². The monoisotopic (exact) mass is 226 g/mol. The number of H-pyrrole nitrogens is 1. The molecule has 2 rings (SSSR count). The van der Waals surface area contributed by atoms with E-state index in [1.54, 1.807) is 6.92 Å². The predicted octanol–water partition coefficient (Wildman–Crippen LogP) is 0.153. The summed E-state index contributed by atoms with van der Waals surface area (Å²) in [5, 5.41) is 0.124. The molecule has 2 aromatic heterocycles. The van der Waals surface area contributed by atoms with Gasteiger partial charge in [-0.15, -0.1) is 0 Å². The van der Waals surface area contributed by atoms with Crippen LogP contribution in [0, 0.1) is 0 Å². The van der Waals surface area contributed by atoms with Gasteiger partial charge in [0.25, 0.3) is 0 Å². The highest BCUT2D eigenvalue weighted by Gasteiger charge is 2.09. The third-order valence-corrected chi connectivity index (χ3v) is 2.32. The maximum atomic E-state index is 11.4. The SMILES string of the molecule is CCn1c(=O)c(=O)[nH]c2c(Cl)ncnc21. The Labute approximate surface area is 88.6 Å². The van der Waals surface area contributed by atoms with Crippen LogP contribution in [0.25, 0.3) is 11.2 Å². The molecule has 0 bridgehead atoms. The number of halogens is 1. The van der Waals surface area contributed by atoms with Crippen molar-refractivity contribution >= 4 is 22.8 Å². The van der Waals surface area contributed by atoms with Gasteiger partial charge in [0.1, 0.15) is 11.8 Å². The van der Waals surface area contributed by atoms with Gasteiger partial charge in [-0.1, -0.05) is 11.6 Å². The van der Waals surface area contributed by atoms with Gasteiger partial charge in [0.2, 0.25) is 0 Å². The molecule has 2 aromatic rings. The third-order valence-electron chi connectivity index (χ3n) is 2.03. The van der Waals surface area contributed by atoms with Crippen LogP contribution in [-0.4, -0.2) is 19.5 Å². The summed E-state index contributed by atoms with van der Waals surface area (Å²) in [6.45, 7) is 2.10. The quantitative estimate of drug-likeness (QED) is 0.555. The molecule has 15 heavy (non-hydrogen) atoms. The van der Waals surface area contributed by atoms with Gasteiger partial charge in [0.15, 0.2) is 10.8 Å². The van der Waals surface area contributed by atoms with Crippen LogP contribution in [0.15, 0.2) is 15.9 Å². The van der Waals surface area contributed by atoms with Gasteiger partial charge in [0, 0.05) is 6.54 Å². The van der Waals surface area contributed by atoms with Gasteiger partial charge in [-0.2, -0.15) is 0 Å². The van der Waals surface area contributed by atoms with Crippen molar-refractivity contribution in [1.29, 1.82) is 0 Å². The highest BCUT2D eigenvalue weighted by atomic mass is 35.5. The van der Waals surface area contributed by atoms with Crippen LogP contribution in [-0.2, 0) is 6.54 Å². The number of hydrogen-bond acceptors (Lipinski definition) is 4. The van der Waals surface area contributed by atoms with E-state index in [2.05, 4.69) is 15.0 Å². The molecule has 2 heterocycles. The van der Waals surface area contributed by atoms with Crippen molar-refractivity contribution in [1.82, 2.24) is 19.5 Å². The molecule has 0 atom stereocenters. The number of fused-ring (bicyclic) bond motifs is 1. The summed E-state index contributed by atoms with van der Waals surface area (Å²) in [5.41, 5.74) is -0.742. The van der Waals surface area contributed by atoms with Crippen molar-refractivity contribution in [3.05, 3.63) is 32.2 Å². The molecular weight excluding hydrogens is 220 g/mol. The lowest BCUT2D eigenvalue weighted by atomic mass is 10.5. The van der Waals surface area contributed by atoms with Crippen molar-refractivity contribution in [2.75, 3.05) is 0 Å². The van der Waals surface area contributed by atoms with Crippen LogP contribution in [0.4, 0.5) is 0 Å². The first-order valence-corrected chi connectivity index (χ1v) is 4.66. The second-order valence-electron chi connectivity index (χ2n) is 2.87. The summed E-state index contributed by atoms with van der Waals surface area (Å²) in [4.78, 5) is 32.7. The Morgan fingerprint density at radius 1 is 1.47 bits per heavy atom. The van der Waals surface area contributed by atoms with Gasteiger partial charge in [0.05, 0.1) is 0 Å². The zero-order valence-corrected chi connectivity index (χ0v) is 8.58. The Morgan fingerprint density at radius 2 is 2.20 bits per heavy atom. The molecule has 0 aliphatic heterocycles. The Kier molecular flexibility index (Phi) is 2.28. The van der Waals surface area contributed by atoms with Crippen LogP contribution in [0.2, 0.25) is 5.15 Å². The number of aryl methyl sites for hydroxylation is 1. The van der Waals surface area contributed by atoms with Gasteiger partial charge in [-0.25, -0.2) is 9.97 Å². The number of hydrogen-bond donors (Lipinski definition) is 1. The zero-order chi connectivity index (χ0) is 11.0. The summed E-state index contributed by atoms with van der Waals surface area (Å²) in [6, 6.07) is 0. The van der Waals surface area contributed by atoms with E-state index in [0.717, 1.165) is 0 Å². The average Bonchev–Trinajstić information content (AvgIpc) is 2.22. The molecule has 0 aliphatic carbocycles. The van der Waals surface area contributed by atoms with Crippen molar-refractivity contribution < 1.29 is 0 Å². The Hall–Kier alpha value is -1.69. The molecule has 0 unspecified atom stereocenters. The largest absolute Gasteiger partial charge is 0.317 e. The molecule has 0 saturated heterocycles. The van der Waals surface area contributed by atoms with E-state index in [0.29, 0.717) is 12.2 Å². The van der Waals surface area contributed by atoms with E-state index in [1.165, 1.54) is 10.9 Å². The number of nitrogens with one attached hydrogen (secondary N) is 1. The molecule has 0 amide bonds. The maximum absolute atomic E-state index is 11.4. The van der Waals surface area contributed by atoms with Crippen molar-refractivity contribution in [3.63, 3.8) is 0 Å². The molecule has 0 saturated carbocycles. The van der Waals surface area contributed by atoms with E-state index in [1.807, 2.05) is 0 Å². The fraction of sp³-hybridized carbons (Fsp3) is 0.250. The fourth-order valence-electron chi connectivity index (χ4n) is 1.35.